The van der Waals surface area contributed by atoms with E-state index in [-0.39, 0.29) is 5.91 Å². The van der Waals surface area contributed by atoms with Crippen molar-refractivity contribution in [3.05, 3.63) is 29.3 Å². The summed E-state index contributed by atoms with van der Waals surface area (Å²) in [6.07, 6.45) is 1.97. The number of nitrogens with two attached hydrogens (primary N) is 1. The summed E-state index contributed by atoms with van der Waals surface area (Å²) in [7, 11) is 0. The number of carbonyl (C=O) groups is 1. The van der Waals surface area contributed by atoms with Crippen LogP contribution in [0.5, 0.6) is 0 Å². The van der Waals surface area contributed by atoms with Crippen molar-refractivity contribution in [1.29, 1.82) is 0 Å². The lowest BCUT2D eigenvalue weighted by Crippen LogP contribution is -2.10. The summed E-state index contributed by atoms with van der Waals surface area (Å²) < 4.78 is 0. The third kappa shape index (κ3) is 2.01. The summed E-state index contributed by atoms with van der Waals surface area (Å²) in [6.45, 7) is 1.95. The second kappa shape index (κ2) is 3.63. The number of aryl methyl sites for hydroxylation is 1. The summed E-state index contributed by atoms with van der Waals surface area (Å²) in [5.74, 6) is -0.367. The lowest BCUT2D eigenvalue weighted by atomic mass is 10.1. The zero-order valence-corrected chi connectivity index (χ0v) is 7.94. The smallest absolute Gasteiger partial charge is 0.248 e. The van der Waals surface area contributed by atoms with Crippen molar-refractivity contribution in [3.63, 3.8) is 0 Å². The van der Waals surface area contributed by atoms with Gasteiger partial charge in [-0.15, -0.1) is 11.8 Å². The van der Waals surface area contributed by atoms with Gasteiger partial charge in [-0.1, -0.05) is 0 Å². The molecule has 2 nitrogen and oxygen atoms in total. The zero-order chi connectivity index (χ0) is 9.14. The molecule has 3 heteroatoms. The van der Waals surface area contributed by atoms with Crippen LogP contribution in [-0.4, -0.2) is 12.2 Å². The molecule has 1 aromatic rings. The second-order valence-electron chi connectivity index (χ2n) is 2.60. The third-order valence-electron chi connectivity index (χ3n) is 1.57. The molecule has 0 bridgehead atoms. The SMILES string of the molecule is CSc1cc(C)cc(C(N)=O)c1. The molecule has 12 heavy (non-hydrogen) atoms. The molecule has 0 fully saturated rings. The molecule has 2 N–H and O–H groups in total. The highest BCUT2D eigenvalue weighted by atomic mass is 32.2. The fourth-order valence-electron chi connectivity index (χ4n) is 1.01. The Bertz CT molecular complexity index is 309. The van der Waals surface area contributed by atoms with Gasteiger partial charge >= 0.3 is 0 Å². The summed E-state index contributed by atoms with van der Waals surface area (Å²) in [5.41, 5.74) is 6.81. The molecule has 0 aliphatic heterocycles. The van der Waals surface area contributed by atoms with Crippen molar-refractivity contribution in [2.45, 2.75) is 11.8 Å². The molecule has 1 amide bonds. The van der Waals surface area contributed by atoms with Crippen LogP contribution >= 0.6 is 11.8 Å². The van der Waals surface area contributed by atoms with E-state index in [0.717, 1.165) is 10.5 Å². The zero-order valence-electron chi connectivity index (χ0n) is 7.13. The van der Waals surface area contributed by atoms with Crippen molar-refractivity contribution >= 4 is 17.7 Å². The van der Waals surface area contributed by atoms with Crippen LogP contribution in [0.4, 0.5) is 0 Å². The van der Waals surface area contributed by atoms with Crippen molar-refractivity contribution < 1.29 is 4.79 Å². The Balaban J connectivity index is 3.15. The molecular weight excluding hydrogens is 170 g/mol. The highest BCUT2D eigenvalue weighted by Crippen LogP contribution is 2.18. The fourth-order valence-corrected chi connectivity index (χ4v) is 1.56. The van der Waals surface area contributed by atoms with Crippen molar-refractivity contribution in [2.24, 2.45) is 5.73 Å². The van der Waals surface area contributed by atoms with Gasteiger partial charge in [0.25, 0.3) is 0 Å². The fraction of sp³-hybridized carbons (Fsp3) is 0.222. The summed E-state index contributed by atoms with van der Waals surface area (Å²) in [4.78, 5) is 11.9. The second-order valence-corrected chi connectivity index (χ2v) is 3.48. The molecular formula is C9H11NOS. The maximum absolute atomic E-state index is 10.8. The largest absolute Gasteiger partial charge is 0.366 e. The molecule has 0 atom stereocenters. The van der Waals surface area contributed by atoms with Gasteiger partial charge in [0.1, 0.15) is 0 Å². The van der Waals surface area contributed by atoms with Gasteiger partial charge in [-0.3, -0.25) is 4.79 Å². The van der Waals surface area contributed by atoms with Gasteiger partial charge in [-0.25, -0.2) is 0 Å². The van der Waals surface area contributed by atoms with E-state index in [2.05, 4.69) is 0 Å². The van der Waals surface area contributed by atoms with Crippen LogP contribution in [0, 0.1) is 6.92 Å². The molecule has 0 aromatic heterocycles. The summed E-state index contributed by atoms with van der Waals surface area (Å²) >= 11 is 1.61. The van der Waals surface area contributed by atoms with Crippen LogP contribution < -0.4 is 5.73 Å². The number of hydrogen-bond acceptors (Lipinski definition) is 2. The molecule has 64 valence electrons. The standard InChI is InChI=1S/C9H11NOS/c1-6-3-7(9(10)11)5-8(4-6)12-2/h3-5H,1-2H3,(H2,10,11). The molecule has 0 heterocycles. The lowest BCUT2D eigenvalue weighted by Gasteiger charge is -2.01. The van der Waals surface area contributed by atoms with Crippen molar-refractivity contribution in [2.75, 3.05) is 6.26 Å². The minimum absolute atomic E-state index is 0.367. The average Bonchev–Trinajstić information content (AvgIpc) is 2.03. The minimum atomic E-state index is -0.367. The number of benzene rings is 1. The van der Waals surface area contributed by atoms with Gasteiger partial charge in [0.2, 0.25) is 5.91 Å². The Hall–Kier alpha value is -0.960. The summed E-state index contributed by atoms with van der Waals surface area (Å²) in [5, 5.41) is 0. The van der Waals surface area contributed by atoms with E-state index in [0.29, 0.717) is 5.56 Å². The van der Waals surface area contributed by atoms with E-state index < -0.39 is 0 Å². The summed E-state index contributed by atoms with van der Waals surface area (Å²) in [6, 6.07) is 5.62. The van der Waals surface area contributed by atoms with E-state index in [1.54, 1.807) is 23.9 Å². The Morgan fingerprint density at radius 1 is 1.42 bits per heavy atom. The van der Waals surface area contributed by atoms with Gasteiger partial charge in [0.15, 0.2) is 0 Å². The lowest BCUT2D eigenvalue weighted by molar-refractivity contribution is 0.1000. The first-order valence-electron chi connectivity index (χ1n) is 3.59. The Morgan fingerprint density at radius 2 is 2.08 bits per heavy atom. The van der Waals surface area contributed by atoms with Crippen molar-refractivity contribution in [3.8, 4) is 0 Å². The highest BCUT2D eigenvalue weighted by Gasteiger charge is 2.02. The highest BCUT2D eigenvalue weighted by molar-refractivity contribution is 7.98. The first kappa shape index (κ1) is 9.13. The van der Waals surface area contributed by atoms with Crippen molar-refractivity contribution in [1.82, 2.24) is 0 Å². The Labute approximate surface area is 76.2 Å². The number of primary amides is 1. The van der Waals surface area contributed by atoms with Gasteiger partial charge in [-0.2, -0.15) is 0 Å². The van der Waals surface area contributed by atoms with Gasteiger partial charge in [0, 0.05) is 10.5 Å². The average molecular weight is 181 g/mol. The van der Waals surface area contributed by atoms with Gasteiger partial charge in [-0.05, 0) is 36.9 Å². The Kier molecular flexibility index (Phi) is 2.76. The maximum atomic E-state index is 10.8. The van der Waals surface area contributed by atoms with Crippen LogP contribution in [0.3, 0.4) is 0 Å². The normalized spacial score (nSPS) is 9.83. The van der Waals surface area contributed by atoms with Gasteiger partial charge < -0.3 is 5.73 Å². The number of rotatable bonds is 2. The van der Waals surface area contributed by atoms with Crippen LogP contribution in [0.1, 0.15) is 15.9 Å². The number of hydrogen-bond donors (Lipinski definition) is 1. The van der Waals surface area contributed by atoms with E-state index in [9.17, 15) is 4.79 Å². The number of amides is 1. The van der Waals surface area contributed by atoms with E-state index in [1.165, 1.54) is 0 Å². The van der Waals surface area contributed by atoms with Crippen LogP contribution in [0.2, 0.25) is 0 Å². The van der Waals surface area contributed by atoms with Gasteiger partial charge in [0.05, 0.1) is 0 Å². The number of thioether (sulfide) groups is 1. The van der Waals surface area contributed by atoms with E-state index >= 15 is 0 Å². The minimum Gasteiger partial charge on any atom is -0.366 e. The third-order valence-corrected chi connectivity index (χ3v) is 2.28. The predicted molar refractivity (Wildman–Crippen MR) is 51.5 cm³/mol. The molecule has 0 spiro atoms. The predicted octanol–water partition coefficient (Wildman–Crippen LogP) is 1.82. The van der Waals surface area contributed by atoms with Crippen LogP contribution in [0.15, 0.2) is 23.1 Å². The van der Waals surface area contributed by atoms with Crippen LogP contribution in [-0.2, 0) is 0 Å². The van der Waals surface area contributed by atoms with Crippen LogP contribution in [0.25, 0.3) is 0 Å². The first-order chi connectivity index (χ1) is 5.63. The molecule has 1 rings (SSSR count). The first-order valence-corrected chi connectivity index (χ1v) is 4.81. The Morgan fingerprint density at radius 3 is 2.58 bits per heavy atom. The quantitative estimate of drug-likeness (QED) is 0.707. The monoisotopic (exact) mass is 181 g/mol. The number of carbonyl (C=O) groups excluding carboxylic acids is 1. The topological polar surface area (TPSA) is 43.1 Å². The molecule has 1 aromatic carbocycles. The molecule has 0 unspecified atom stereocenters. The van der Waals surface area contributed by atoms with E-state index in [1.807, 2.05) is 19.2 Å². The van der Waals surface area contributed by atoms with E-state index in [4.69, 9.17) is 5.73 Å². The molecule has 0 radical (unpaired) electrons. The molecule has 0 aliphatic carbocycles. The molecule has 0 saturated carbocycles. The molecule has 0 saturated heterocycles. The maximum Gasteiger partial charge on any atom is 0.248 e. The molecule has 0 aliphatic rings.